The van der Waals surface area contributed by atoms with Gasteiger partial charge in [0.2, 0.25) is 0 Å². The number of nitrogens with one attached hydrogen (secondary N) is 2. The molecule has 3 atom stereocenters. The fourth-order valence-electron chi connectivity index (χ4n) is 3.70. The van der Waals surface area contributed by atoms with Crippen LogP contribution >= 0.6 is 11.3 Å². The zero-order valence-electron chi connectivity index (χ0n) is 11.6. The third-order valence-corrected chi connectivity index (χ3v) is 5.49. The standard InChI is InChI=1S/C15H25N3S/c1-2-6-15(18-10-12-9-16-11-19-12)13(5-1)14-7-3-4-8-17-14/h9,11,13-15,17-18H,1-8,10H2. The molecule has 2 heterocycles. The molecule has 0 aromatic carbocycles. The highest BCUT2D eigenvalue weighted by Crippen LogP contribution is 2.30. The topological polar surface area (TPSA) is 37.0 Å². The van der Waals surface area contributed by atoms with Gasteiger partial charge in [0.15, 0.2) is 0 Å². The van der Waals surface area contributed by atoms with Gasteiger partial charge in [-0.3, -0.25) is 4.98 Å². The zero-order valence-corrected chi connectivity index (χ0v) is 12.4. The van der Waals surface area contributed by atoms with Crippen molar-refractivity contribution in [2.75, 3.05) is 6.54 Å². The van der Waals surface area contributed by atoms with E-state index in [1.807, 2.05) is 11.7 Å². The Morgan fingerprint density at radius 3 is 2.89 bits per heavy atom. The van der Waals surface area contributed by atoms with Crippen LogP contribution in [-0.2, 0) is 6.54 Å². The summed E-state index contributed by atoms with van der Waals surface area (Å²) in [4.78, 5) is 5.52. The van der Waals surface area contributed by atoms with E-state index in [1.165, 1.54) is 56.4 Å². The van der Waals surface area contributed by atoms with Gasteiger partial charge in [0.1, 0.15) is 0 Å². The summed E-state index contributed by atoms with van der Waals surface area (Å²) < 4.78 is 0. The number of nitrogens with zero attached hydrogens (tertiary/aromatic N) is 1. The third-order valence-electron chi connectivity index (χ3n) is 4.71. The molecule has 1 aliphatic carbocycles. The number of hydrogen-bond donors (Lipinski definition) is 2. The van der Waals surface area contributed by atoms with Crippen LogP contribution < -0.4 is 10.6 Å². The Hall–Kier alpha value is -0.450. The lowest BCUT2D eigenvalue weighted by Gasteiger charge is -2.40. The number of rotatable bonds is 4. The maximum absolute atomic E-state index is 4.16. The molecule has 1 saturated heterocycles. The summed E-state index contributed by atoms with van der Waals surface area (Å²) >= 11 is 1.76. The molecule has 0 bridgehead atoms. The van der Waals surface area contributed by atoms with Crippen LogP contribution in [0.5, 0.6) is 0 Å². The van der Waals surface area contributed by atoms with Crippen molar-refractivity contribution < 1.29 is 0 Å². The van der Waals surface area contributed by atoms with Crippen LogP contribution in [0, 0.1) is 5.92 Å². The number of aromatic nitrogens is 1. The predicted molar refractivity (Wildman–Crippen MR) is 80.3 cm³/mol. The lowest BCUT2D eigenvalue weighted by molar-refractivity contribution is 0.181. The van der Waals surface area contributed by atoms with Gasteiger partial charge < -0.3 is 10.6 Å². The van der Waals surface area contributed by atoms with Gasteiger partial charge in [-0.1, -0.05) is 19.3 Å². The SMILES string of the molecule is c1ncc(CNC2CCCCC2C2CCCCN2)s1. The van der Waals surface area contributed by atoms with E-state index in [0.29, 0.717) is 6.04 Å². The second-order valence-electron chi connectivity index (χ2n) is 5.96. The van der Waals surface area contributed by atoms with Gasteiger partial charge in [0.25, 0.3) is 0 Å². The Morgan fingerprint density at radius 1 is 1.21 bits per heavy atom. The first-order chi connectivity index (χ1) is 9.43. The van der Waals surface area contributed by atoms with Crippen molar-refractivity contribution in [3.8, 4) is 0 Å². The molecule has 3 unspecified atom stereocenters. The van der Waals surface area contributed by atoms with Crippen molar-refractivity contribution in [1.29, 1.82) is 0 Å². The van der Waals surface area contributed by atoms with Gasteiger partial charge in [-0.25, -0.2) is 0 Å². The van der Waals surface area contributed by atoms with Crippen molar-refractivity contribution in [1.82, 2.24) is 15.6 Å². The molecule has 1 aromatic heterocycles. The lowest BCUT2D eigenvalue weighted by Crippen LogP contribution is -2.50. The Labute approximate surface area is 120 Å². The lowest BCUT2D eigenvalue weighted by atomic mass is 9.77. The molecule has 19 heavy (non-hydrogen) atoms. The van der Waals surface area contributed by atoms with Crippen molar-refractivity contribution >= 4 is 11.3 Å². The Kier molecular flexibility index (Phi) is 4.86. The number of thiazole rings is 1. The van der Waals surface area contributed by atoms with Gasteiger partial charge in [-0.15, -0.1) is 11.3 Å². The van der Waals surface area contributed by atoms with E-state index < -0.39 is 0 Å². The van der Waals surface area contributed by atoms with Gasteiger partial charge >= 0.3 is 0 Å². The summed E-state index contributed by atoms with van der Waals surface area (Å²) in [6, 6.07) is 1.46. The number of piperidine rings is 1. The average molecular weight is 279 g/mol. The molecule has 2 N–H and O–H groups in total. The second-order valence-corrected chi connectivity index (χ2v) is 6.93. The minimum atomic E-state index is 0.700. The summed E-state index contributed by atoms with van der Waals surface area (Å²) in [5, 5.41) is 7.56. The molecule has 2 fully saturated rings. The van der Waals surface area contributed by atoms with Crippen molar-refractivity contribution in [2.45, 2.75) is 63.6 Å². The van der Waals surface area contributed by atoms with Gasteiger partial charge in [-0.2, -0.15) is 0 Å². The van der Waals surface area contributed by atoms with Crippen LogP contribution in [0.3, 0.4) is 0 Å². The monoisotopic (exact) mass is 279 g/mol. The first-order valence-corrected chi connectivity index (χ1v) is 8.65. The quantitative estimate of drug-likeness (QED) is 0.890. The molecule has 2 aliphatic rings. The third kappa shape index (κ3) is 3.56. The maximum atomic E-state index is 4.16. The van der Waals surface area contributed by atoms with Crippen molar-refractivity contribution in [3.05, 3.63) is 16.6 Å². The Bertz CT molecular complexity index is 359. The average Bonchev–Trinajstić information content (AvgIpc) is 3.00. The fourth-order valence-corrected chi connectivity index (χ4v) is 4.25. The minimum Gasteiger partial charge on any atom is -0.314 e. The molecular weight excluding hydrogens is 254 g/mol. The predicted octanol–water partition coefficient (Wildman–Crippen LogP) is 2.93. The molecule has 3 nitrogen and oxygen atoms in total. The normalized spacial score (nSPS) is 32.3. The van der Waals surface area contributed by atoms with Gasteiger partial charge in [0.05, 0.1) is 5.51 Å². The molecule has 3 rings (SSSR count). The van der Waals surface area contributed by atoms with Crippen LogP contribution in [0.1, 0.15) is 49.8 Å². The molecule has 0 radical (unpaired) electrons. The van der Waals surface area contributed by atoms with Crippen molar-refractivity contribution in [3.63, 3.8) is 0 Å². The first kappa shape index (κ1) is 13.5. The van der Waals surface area contributed by atoms with E-state index in [1.54, 1.807) is 11.3 Å². The highest BCUT2D eigenvalue weighted by Gasteiger charge is 2.32. The van der Waals surface area contributed by atoms with Gasteiger partial charge in [-0.05, 0) is 38.1 Å². The maximum Gasteiger partial charge on any atom is 0.0794 e. The van der Waals surface area contributed by atoms with Crippen molar-refractivity contribution in [2.24, 2.45) is 5.92 Å². The molecule has 0 amide bonds. The molecular formula is C15H25N3S. The van der Waals surface area contributed by atoms with Crippen LogP contribution in [0.2, 0.25) is 0 Å². The first-order valence-electron chi connectivity index (χ1n) is 7.77. The minimum absolute atomic E-state index is 0.700. The summed E-state index contributed by atoms with van der Waals surface area (Å²) in [7, 11) is 0. The Morgan fingerprint density at radius 2 is 2.11 bits per heavy atom. The van der Waals surface area contributed by atoms with Crippen LogP contribution in [0.15, 0.2) is 11.7 Å². The second kappa shape index (κ2) is 6.82. The summed E-state index contributed by atoms with van der Waals surface area (Å²) in [6.45, 7) is 2.22. The molecule has 1 aliphatic heterocycles. The van der Waals surface area contributed by atoms with E-state index in [9.17, 15) is 0 Å². The summed E-state index contributed by atoms with van der Waals surface area (Å²) in [6.07, 6.45) is 11.7. The number of hydrogen-bond acceptors (Lipinski definition) is 4. The van der Waals surface area contributed by atoms with Gasteiger partial charge in [0, 0.05) is 29.7 Å². The van der Waals surface area contributed by atoms with E-state index in [4.69, 9.17) is 0 Å². The molecule has 4 heteroatoms. The Balaban J connectivity index is 1.56. The highest BCUT2D eigenvalue weighted by molar-refractivity contribution is 7.09. The highest BCUT2D eigenvalue weighted by atomic mass is 32.1. The van der Waals surface area contributed by atoms with Crippen LogP contribution in [0.4, 0.5) is 0 Å². The summed E-state index contributed by atoms with van der Waals surface area (Å²) in [5.74, 6) is 0.835. The molecule has 1 saturated carbocycles. The van der Waals surface area contributed by atoms with E-state index in [0.717, 1.165) is 18.5 Å². The summed E-state index contributed by atoms with van der Waals surface area (Å²) in [5.41, 5.74) is 1.93. The molecule has 1 aromatic rings. The van der Waals surface area contributed by atoms with E-state index in [-0.39, 0.29) is 0 Å². The van der Waals surface area contributed by atoms with E-state index in [2.05, 4.69) is 15.6 Å². The van der Waals surface area contributed by atoms with E-state index >= 15 is 0 Å². The molecule has 0 spiro atoms. The van der Waals surface area contributed by atoms with Crippen LogP contribution in [0.25, 0.3) is 0 Å². The smallest absolute Gasteiger partial charge is 0.0794 e. The van der Waals surface area contributed by atoms with Crippen LogP contribution in [-0.4, -0.2) is 23.6 Å². The largest absolute Gasteiger partial charge is 0.314 e. The molecule has 106 valence electrons. The fraction of sp³-hybridized carbons (Fsp3) is 0.800. The zero-order chi connectivity index (χ0) is 12.9.